The molecule has 3 heterocycles. The summed E-state index contributed by atoms with van der Waals surface area (Å²) in [4.78, 5) is 33.6. The lowest BCUT2D eigenvalue weighted by molar-refractivity contribution is -0.118. The van der Waals surface area contributed by atoms with Crippen LogP contribution < -0.4 is 10.1 Å². The van der Waals surface area contributed by atoms with Crippen LogP contribution in [-0.2, 0) is 11.2 Å². The molecule has 30 heavy (non-hydrogen) atoms. The quantitative estimate of drug-likeness (QED) is 0.323. The molecule has 1 aromatic carbocycles. The van der Waals surface area contributed by atoms with Gasteiger partial charge in [0.15, 0.2) is 10.9 Å². The molecule has 0 saturated heterocycles. The van der Waals surface area contributed by atoms with Crippen LogP contribution in [0.2, 0.25) is 5.02 Å². The molecule has 4 rings (SSSR count). The Bertz CT molecular complexity index is 1090. The van der Waals surface area contributed by atoms with Gasteiger partial charge in [-0.1, -0.05) is 23.4 Å². The second-order valence-electron chi connectivity index (χ2n) is 6.73. The number of hydrogen-bond acceptors (Lipinski definition) is 7. The van der Waals surface area contributed by atoms with Gasteiger partial charge in [0.05, 0.1) is 22.2 Å². The van der Waals surface area contributed by atoms with Gasteiger partial charge in [-0.15, -0.1) is 11.3 Å². The number of hydrogen-bond donors (Lipinski definition) is 1. The van der Waals surface area contributed by atoms with Crippen molar-refractivity contribution in [1.29, 1.82) is 0 Å². The smallest absolute Gasteiger partial charge is 0.230 e. The normalized spacial score (nSPS) is 14.8. The third kappa shape index (κ3) is 4.83. The van der Waals surface area contributed by atoms with Crippen LogP contribution in [-0.4, -0.2) is 40.1 Å². The molecule has 154 valence electrons. The van der Waals surface area contributed by atoms with Crippen LogP contribution in [0.15, 0.2) is 47.9 Å². The predicted molar refractivity (Wildman–Crippen MR) is 119 cm³/mol. The number of aromatic nitrogens is 2. The molecular weight excluding hydrogens is 442 g/mol. The fourth-order valence-corrected chi connectivity index (χ4v) is 4.90. The Kier molecular flexibility index (Phi) is 6.36. The highest BCUT2D eigenvalue weighted by atomic mass is 35.5. The summed E-state index contributed by atoms with van der Waals surface area (Å²) in [5, 5.41) is 3.99. The zero-order valence-corrected chi connectivity index (χ0v) is 18.4. The van der Waals surface area contributed by atoms with Gasteiger partial charge in [-0.05, 0) is 42.8 Å². The second-order valence-corrected chi connectivity index (χ2v) is 9.17. The number of halogens is 1. The fourth-order valence-electron chi connectivity index (χ4n) is 3.09. The van der Waals surface area contributed by atoms with Gasteiger partial charge in [0, 0.05) is 29.3 Å². The summed E-state index contributed by atoms with van der Waals surface area (Å²) in [5.74, 6) is 0.852. The van der Waals surface area contributed by atoms with Crippen molar-refractivity contribution in [3.8, 4) is 16.2 Å². The first-order valence-electron chi connectivity index (χ1n) is 9.26. The molecule has 1 N–H and O–H groups in total. The minimum atomic E-state index is -0.175. The SMILES string of the molecule is CC(=O)c1ccc(-c2cc(Cl)c3c(c2)CC(CNC(=O)CSc2ncccn2)O3)s1. The number of nitrogens with zero attached hydrogens (tertiary/aromatic N) is 2. The maximum atomic E-state index is 12.1. The molecule has 1 atom stereocenters. The molecule has 9 heteroatoms. The van der Waals surface area contributed by atoms with E-state index in [9.17, 15) is 9.59 Å². The molecule has 0 radical (unpaired) electrons. The Morgan fingerprint density at radius 2 is 2.10 bits per heavy atom. The topological polar surface area (TPSA) is 81.2 Å². The van der Waals surface area contributed by atoms with E-state index in [-0.39, 0.29) is 23.5 Å². The van der Waals surface area contributed by atoms with Crippen molar-refractivity contribution in [2.24, 2.45) is 0 Å². The number of ketones is 1. The zero-order valence-electron chi connectivity index (χ0n) is 16.1. The summed E-state index contributed by atoms with van der Waals surface area (Å²) < 4.78 is 5.96. The van der Waals surface area contributed by atoms with E-state index in [2.05, 4.69) is 15.3 Å². The van der Waals surface area contributed by atoms with Crippen LogP contribution in [0.25, 0.3) is 10.4 Å². The number of carbonyl (C=O) groups is 2. The van der Waals surface area contributed by atoms with Crippen molar-refractivity contribution in [2.45, 2.75) is 24.6 Å². The Balaban J connectivity index is 1.35. The van der Waals surface area contributed by atoms with Crippen molar-refractivity contribution in [3.63, 3.8) is 0 Å². The van der Waals surface area contributed by atoms with Gasteiger partial charge in [-0.25, -0.2) is 9.97 Å². The van der Waals surface area contributed by atoms with E-state index in [4.69, 9.17) is 16.3 Å². The summed E-state index contributed by atoms with van der Waals surface area (Å²) in [7, 11) is 0. The average molecular weight is 460 g/mol. The van der Waals surface area contributed by atoms with E-state index in [1.54, 1.807) is 25.4 Å². The molecule has 0 saturated carbocycles. The molecule has 0 aliphatic carbocycles. The van der Waals surface area contributed by atoms with Crippen LogP contribution >= 0.6 is 34.7 Å². The monoisotopic (exact) mass is 459 g/mol. The number of carbonyl (C=O) groups excluding carboxylic acids is 2. The second kappa shape index (κ2) is 9.16. The van der Waals surface area contributed by atoms with Crippen LogP contribution in [0, 0.1) is 0 Å². The van der Waals surface area contributed by atoms with Crippen LogP contribution in [0.1, 0.15) is 22.2 Å². The van der Waals surface area contributed by atoms with E-state index in [0.29, 0.717) is 28.9 Å². The predicted octanol–water partition coefficient (Wildman–Crippen LogP) is 4.27. The Morgan fingerprint density at radius 1 is 1.30 bits per heavy atom. The van der Waals surface area contributed by atoms with Crippen LogP contribution in [0.3, 0.4) is 0 Å². The third-order valence-corrected chi connectivity index (χ3v) is 6.88. The first-order valence-corrected chi connectivity index (χ1v) is 11.4. The highest BCUT2D eigenvalue weighted by Crippen LogP contribution is 2.41. The summed E-state index contributed by atoms with van der Waals surface area (Å²) >= 11 is 9.18. The Hall–Kier alpha value is -2.42. The van der Waals surface area contributed by atoms with E-state index in [1.807, 2.05) is 24.3 Å². The number of Topliss-reactive ketones (excluding diaryl/α,β-unsaturated/α-hetero) is 1. The van der Waals surface area contributed by atoms with Gasteiger partial charge in [-0.2, -0.15) is 0 Å². The van der Waals surface area contributed by atoms with Crippen LogP contribution in [0.5, 0.6) is 5.75 Å². The highest BCUT2D eigenvalue weighted by molar-refractivity contribution is 7.99. The van der Waals surface area contributed by atoms with Gasteiger partial charge in [-0.3, -0.25) is 9.59 Å². The summed E-state index contributed by atoms with van der Waals surface area (Å²) in [6, 6.07) is 9.39. The van der Waals surface area contributed by atoms with Crippen molar-refractivity contribution in [2.75, 3.05) is 12.3 Å². The van der Waals surface area contributed by atoms with Crippen LogP contribution in [0.4, 0.5) is 0 Å². The van der Waals surface area contributed by atoms with E-state index >= 15 is 0 Å². The molecule has 2 aromatic heterocycles. The number of thioether (sulfide) groups is 1. The Labute approximate surface area is 187 Å². The molecular formula is C21H18ClN3O3S2. The van der Waals surface area contributed by atoms with Crippen molar-refractivity contribution < 1.29 is 14.3 Å². The van der Waals surface area contributed by atoms with Gasteiger partial charge in [0.25, 0.3) is 0 Å². The number of rotatable bonds is 7. The molecule has 1 amide bonds. The number of amides is 1. The highest BCUT2D eigenvalue weighted by Gasteiger charge is 2.26. The van der Waals surface area contributed by atoms with Gasteiger partial charge < -0.3 is 10.1 Å². The average Bonchev–Trinajstić information content (AvgIpc) is 3.39. The lowest BCUT2D eigenvalue weighted by Gasteiger charge is -2.12. The lowest BCUT2D eigenvalue weighted by atomic mass is 10.1. The Morgan fingerprint density at radius 3 is 2.83 bits per heavy atom. The number of fused-ring (bicyclic) bond motifs is 1. The molecule has 0 spiro atoms. The van der Waals surface area contributed by atoms with E-state index in [1.165, 1.54) is 23.1 Å². The molecule has 0 fully saturated rings. The molecule has 1 aliphatic heterocycles. The maximum absolute atomic E-state index is 12.1. The van der Waals surface area contributed by atoms with Gasteiger partial charge >= 0.3 is 0 Å². The first-order chi connectivity index (χ1) is 14.5. The lowest BCUT2D eigenvalue weighted by Crippen LogP contribution is -2.35. The van der Waals surface area contributed by atoms with Gasteiger partial charge in [0.1, 0.15) is 11.9 Å². The molecule has 0 bridgehead atoms. The largest absolute Gasteiger partial charge is 0.486 e. The number of ether oxygens (including phenoxy) is 1. The maximum Gasteiger partial charge on any atom is 0.230 e. The van der Waals surface area contributed by atoms with E-state index < -0.39 is 0 Å². The standard InChI is InChI=1S/C21H18ClN3O3S2/c1-12(26)17-3-4-18(30-17)13-7-14-8-15(28-20(14)16(22)9-13)10-25-19(27)11-29-21-23-5-2-6-24-21/h2-7,9,15H,8,10-11H2,1H3,(H,25,27). The summed E-state index contributed by atoms with van der Waals surface area (Å²) in [6.07, 6.45) is 3.77. The minimum absolute atomic E-state index is 0.0506. The molecule has 1 unspecified atom stereocenters. The minimum Gasteiger partial charge on any atom is -0.486 e. The fraction of sp³-hybridized carbons (Fsp3) is 0.238. The van der Waals surface area contributed by atoms with Crippen molar-refractivity contribution in [3.05, 3.63) is 58.2 Å². The van der Waals surface area contributed by atoms with Crippen molar-refractivity contribution in [1.82, 2.24) is 15.3 Å². The number of thiophene rings is 1. The number of benzene rings is 1. The summed E-state index contributed by atoms with van der Waals surface area (Å²) in [6.45, 7) is 1.95. The summed E-state index contributed by atoms with van der Waals surface area (Å²) in [5.41, 5.74) is 1.96. The number of nitrogens with one attached hydrogen (secondary N) is 1. The first kappa shape index (κ1) is 20.8. The van der Waals surface area contributed by atoms with Crippen molar-refractivity contribution >= 4 is 46.4 Å². The molecule has 3 aromatic rings. The third-order valence-electron chi connectivity index (χ3n) is 4.49. The molecule has 6 nitrogen and oxygen atoms in total. The van der Waals surface area contributed by atoms with E-state index in [0.717, 1.165) is 20.9 Å². The van der Waals surface area contributed by atoms with Gasteiger partial charge in [0.2, 0.25) is 5.91 Å². The zero-order chi connectivity index (χ0) is 21.1. The molecule has 1 aliphatic rings.